The number of carbonyl (C=O) groups excluding carboxylic acids is 1. The van der Waals surface area contributed by atoms with Gasteiger partial charge < -0.3 is 20.9 Å². The van der Waals surface area contributed by atoms with Gasteiger partial charge in [-0.25, -0.2) is 0 Å². The van der Waals surface area contributed by atoms with Crippen LogP contribution in [0.25, 0.3) is 0 Å². The van der Waals surface area contributed by atoms with Crippen molar-refractivity contribution >= 4 is 5.91 Å². The Morgan fingerprint density at radius 1 is 1.64 bits per heavy atom. The summed E-state index contributed by atoms with van der Waals surface area (Å²) < 4.78 is 4.74. The van der Waals surface area contributed by atoms with E-state index in [1.165, 1.54) is 0 Å². The molecular formula is C6H14N2O3. The highest BCUT2D eigenvalue weighted by molar-refractivity contribution is 5.77. The van der Waals surface area contributed by atoms with Crippen molar-refractivity contribution in [3.63, 3.8) is 0 Å². The highest BCUT2D eigenvalue weighted by Gasteiger charge is 1.97. The Kier molecular flexibility index (Phi) is 7.02. The summed E-state index contributed by atoms with van der Waals surface area (Å²) in [7, 11) is 0. The van der Waals surface area contributed by atoms with E-state index in [4.69, 9.17) is 15.6 Å². The summed E-state index contributed by atoms with van der Waals surface area (Å²) in [5.41, 5.74) is 5.14. The Morgan fingerprint density at radius 2 is 2.36 bits per heavy atom. The summed E-state index contributed by atoms with van der Waals surface area (Å²) in [6.07, 6.45) is 0. The molecule has 0 aromatic rings. The number of aliphatic hydroxyl groups excluding tert-OH is 1. The molecule has 0 aliphatic rings. The highest BCUT2D eigenvalue weighted by Crippen LogP contribution is 1.72. The molecule has 0 aromatic carbocycles. The van der Waals surface area contributed by atoms with Crippen molar-refractivity contribution in [2.24, 2.45) is 5.73 Å². The second-order valence-corrected chi connectivity index (χ2v) is 1.91. The van der Waals surface area contributed by atoms with Gasteiger partial charge in [-0.2, -0.15) is 0 Å². The number of hydrogen-bond acceptors (Lipinski definition) is 4. The summed E-state index contributed by atoms with van der Waals surface area (Å²) in [4.78, 5) is 10.7. The van der Waals surface area contributed by atoms with Gasteiger partial charge in [0, 0.05) is 13.1 Å². The molecular weight excluding hydrogens is 148 g/mol. The Balaban J connectivity index is 3.09. The van der Waals surface area contributed by atoms with E-state index >= 15 is 0 Å². The fourth-order valence-electron chi connectivity index (χ4n) is 0.492. The lowest BCUT2D eigenvalue weighted by atomic mass is 10.5. The van der Waals surface area contributed by atoms with Crippen molar-refractivity contribution in [3.05, 3.63) is 0 Å². The summed E-state index contributed by atoms with van der Waals surface area (Å²) in [6, 6.07) is 0. The molecule has 0 saturated carbocycles. The van der Waals surface area contributed by atoms with Gasteiger partial charge in [-0.05, 0) is 0 Å². The number of rotatable bonds is 6. The van der Waals surface area contributed by atoms with Crippen molar-refractivity contribution in [2.45, 2.75) is 0 Å². The zero-order valence-corrected chi connectivity index (χ0v) is 6.38. The lowest BCUT2D eigenvalue weighted by Gasteiger charge is -2.02. The van der Waals surface area contributed by atoms with Crippen LogP contribution in [-0.2, 0) is 9.53 Å². The maximum atomic E-state index is 10.7. The molecule has 0 saturated heterocycles. The third-order valence-electron chi connectivity index (χ3n) is 0.935. The maximum absolute atomic E-state index is 10.7. The normalized spacial score (nSPS) is 9.64. The van der Waals surface area contributed by atoms with E-state index in [0.717, 1.165) is 0 Å². The first kappa shape index (κ1) is 10.3. The van der Waals surface area contributed by atoms with Gasteiger partial charge in [0.15, 0.2) is 0 Å². The van der Waals surface area contributed by atoms with E-state index < -0.39 is 0 Å². The molecule has 0 fully saturated rings. The first-order valence-electron chi connectivity index (χ1n) is 3.46. The van der Waals surface area contributed by atoms with Crippen LogP contribution in [0.4, 0.5) is 0 Å². The molecule has 0 heterocycles. The van der Waals surface area contributed by atoms with E-state index in [1.807, 2.05) is 0 Å². The van der Waals surface area contributed by atoms with Gasteiger partial charge in [0.05, 0.1) is 13.2 Å². The van der Waals surface area contributed by atoms with Gasteiger partial charge in [0.2, 0.25) is 5.91 Å². The smallest absolute Gasteiger partial charge is 0.246 e. The van der Waals surface area contributed by atoms with Gasteiger partial charge in [0.1, 0.15) is 6.61 Å². The van der Waals surface area contributed by atoms with Crippen LogP contribution in [0.3, 0.4) is 0 Å². The van der Waals surface area contributed by atoms with Crippen molar-refractivity contribution in [1.82, 2.24) is 5.32 Å². The van der Waals surface area contributed by atoms with E-state index in [-0.39, 0.29) is 25.7 Å². The minimum atomic E-state index is -0.205. The second-order valence-electron chi connectivity index (χ2n) is 1.91. The quantitative estimate of drug-likeness (QED) is 0.397. The Morgan fingerprint density at radius 3 is 2.91 bits per heavy atom. The SMILES string of the molecule is NCCNC(=O)COCCO. The minimum Gasteiger partial charge on any atom is -0.394 e. The third kappa shape index (κ3) is 7.24. The number of amides is 1. The molecule has 11 heavy (non-hydrogen) atoms. The van der Waals surface area contributed by atoms with E-state index in [0.29, 0.717) is 13.1 Å². The standard InChI is InChI=1S/C6H14N2O3/c7-1-2-8-6(10)5-11-4-3-9/h9H,1-5,7H2,(H,8,10). The van der Waals surface area contributed by atoms with E-state index in [2.05, 4.69) is 5.32 Å². The molecule has 66 valence electrons. The third-order valence-corrected chi connectivity index (χ3v) is 0.935. The molecule has 5 heteroatoms. The van der Waals surface area contributed by atoms with Crippen LogP contribution in [0.2, 0.25) is 0 Å². The number of aliphatic hydroxyl groups is 1. The topological polar surface area (TPSA) is 84.6 Å². The fourth-order valence-corrected chi connectivity index (χ4v) is 0.492. The van der Waals surface area contributed by atoms with Crippen LogP contribution in [0.15, 0.2) is 0 Å². The van der Waals surface area contributed by atoms with Gasteiger partial charge in [-0.3, -0.25) is 4.79 Å². The highest BCUT2D eigenvalue weighted by atomic mass is 16.5. The van der Waals surface area contributed by atoms with E-state index in [9.17, 15) is 4.79 Å². The van der Waals surface area contributed by atoms with Crippen molar-refractivity contribution in [3.8, 4) is 0 Å². The molecule has 0 radical (unpaired) electrons. The molecule has 5 nitrogen and oxygen atoms in total. The van der Waals surface area contributed by atoms with Crippen LogP contribution in [0.5, 0.6) is 0 Å². The monoisotopic (exact) mass is 162 g/mol. The first-order chi connectivity index (χ1) is 5.31. The van der Waals surface area contributed by atoms with Crippen LogP contribution >= 0.6 is 0 Å². The van der Waals surface area contributed by atoms with Crippen LogP contribution in [-0.4, -0.2) is 43.9 Å². The largest absolute Gasteiger partial charge is 0.394 e. The Bertz CT molecular complexity index is 108. The van der Waals surface area contributed by atoms with Crippen LogP contribution in [0.1, 0.15) is 0 Å². The lowest BCUT2D eigenvalue weighted by molar-refractivity contribution is -0.125. The van der Waals surface area contributed by atoms with Gasteiger partial charge >= 0.3 is 0 Å². The molecule has 0 spiro atoms. The zero-order chi connectivity index (χ0) is 8.53. The van der Waals surface area contributed by atoms with Gasteiger partial charge in [-0.1, -0.05) is 0 Å². The number of hydrogen-bond donors (Lipinski definition) is 3. The number of nitrogens with one attached hydrogen (secondary N) is 1. The zero-order valence-electron chi connectivity index (χ0n) is 6.38. The average molecular weight is 162 g/mol. The molecule has 0 bridgehead atoms. The molecule has 0 aliphatic carbocycles. The van der Waals surface area contributed by atoms with Gasteiger partial charge in [-0.15, -0.1) is 0 Å². The Labute approximate surface area is 65.5 Å². The molecule has 0 aliphatic heterocycles. The summed E-state index contributed by atoms with van der Waals surface area (Å²) in [5.74, 6) is -0.205. The summed E-state index contributed by atoms with van der Waals surface area (Å²) in [5, 5.41) is 10.8. The predicted octanol–water partition coefficient (Wildman–Crippen LogP) is -1.93. The summed E-state index contributed by atoms with van der Waals surface area (Å²) >= 11 is 0. The van der Waals surface area contributed by atoms with Crippen molar-refractivity contribution < 1.29 is 14.6 Å². The number of nitrogens with two attached hydrogens (primary N) is 1. The van der Waals surface area contributed by atoms with Gasteiger partial charge in [0.25, 0.3) is 0 Å². The minimum absolute atomic E-state index is 0.0133. The Hall–Kier alpha value is -0.650. The molecule has 0 atom stereocenters. The van der Waals surface area contributed by atoms with Crippen molar-refractivity contribution in [2.75, 3.05) is 32.9 Å². The molecule has 4 N–H and O–H groups in total. The van der Waals surface area contributed by atoms with Crippen LogP contribution < -0.4 is 11.1 Å². The second kappa shape index (κ2) is 7.46. The van der Waals surface area contributed by atoms with Crippen molar-refractivity contribution in [1.29, 1.82) is 0 Å². The average Bonchev–Trinajstić information content (AvgIpc) is 2.01. The van der Waals surface area contributed by atoms with Crippen LogP contribution in [0, 0.1) is 0 Å². The number of carbonyl (C=O) groups is 1. The molecule has 0 rings (SSSR count). The molecule has 0 aromatic heterocycles. The predicted molar refractivity (Wildman–Crippen MR) is 40.0 cm³/mol. The fraction of sp³-hybridized carbons (Fsp3) is 0.833. The van der Waals surface area contributed by atoms with E-state index in [1.54, 1.807) is 0 Å². The first-order valence-corrected chi connectivity index (χ1v) is 3.46. The maximum Gasteiger partial charge on any atom is 0.246 e. The number of ether oxygens (including phenoxy) is 1. The summed E-state index contributed by atoms with van der Waals surface area (Å²) in [6.45, 7) is 0.994. The molecule has 1 amide bonds. The lowest BCUT2D eigenvalue weighted by Crippen LogP contribution is -2.32. The molecule has 0 unspecified atom stereocenters.